The maximum Gasteiger partial charge on any atom is 0.0734 e. The third-order valence-electron chi connectivity index (χ3n) is 6.34. The van der Waals surface area contributed by atoms with E-state index in [-0.39, 0.29) is 0 Å². The van der Waals surface area contributed by atoms with Crippen LogP contribution in [0.5, 0.6) is 0 Å². The molecule has 2 heteroatoms. The van der Waals surface area contributed by atoms with Gasteiger partial charge in [-0.15, -0.1) is 0 Å². The molecule has 158 valence electrons. The summed E-state index contributed by atoms with van der Waals surface area (Å²) < 4.78 is 0. The summed E-state index contributed by atoms with van der Waals surface area (Å²) in [5, 5.41) is 6.64. The molecule has 33 heavy (non-hydrogen) atoms. The van der Waals surface area contributed by atoms with E-state index >= 15 is 0 Å². The first-order valence-electron chi connectivity index (χ1n) is 11.5. The van der Waals surface area contributed by atoms with Crippen LogP contribution in [0.1, 0.15) is 16.7 Å². The molecular formula is C31H24NP. The molecule has 0 fully saturated rings. The number of hydrogen-bond acceptors (Lipinski definition) is 1. The third kappa shape index (κ3) is 3.69. The molecule has 0 spiro atoms. The fourth-order valence-electron chi connectivity index (χ4n) is 4.83. The first-order valence-corrected chi connectivity index (χ1v) is 12.8. The molecule has 0 amide bonds. The minimum absolute atomic E-state index is 0.735. The summed E-state index contributed by atoms with van der Waals surface area (Å²) in [7, 11) is -0.735. The maximum atomic E-state index is 5.15. The van der Waals surface area contributed by atoms with Crippen LogP contribution in [0.3, 0.4) is 0 Å². The Morgan fingerprint density at radius 2 is 1.21 bits per heavy atom. The smallest absolute Gasteiger partial charge is 0.0734 e. The fourth-order valence-corrected chi connectivity index (χ4v) is 7.30. The average molecular weight is 442 g/mol. The van der Waals surface area contributed by atoms with E-state index < -0.39 is 7.92 Å². The van der Waals surface area contributed by atoms with Crippen molar-refractivity contribution in [1.82, 2.24) is 0 Å². The molecule has 5 aromatic rings. The molecule has 0 N–H and O–H groups in total. The molecule has 0 radical (unpaired) electrons. The van der Waals surface area contributed by atoms with Crippen molar-refractivity contribution in [3.63, 3.8) is 0 Å². The predicted molar refractivity (Wildman–Crippen MR) is 143 cm³/mol. The van der Waals surface area contributed by atoms with Crippen molar-refractivity contribution >= 4 is 40.3 Å². The van der Waals surface area contributed by atoms with Crippen LogP contribution in [0, 0.1) is 0 Å². The SMILES string of the molecule is c1ccc(P(c2ccccc2)c2ccc3ccccc3c2C2=NCCc3ccccc32)cc1. The van der Waals surface area contributed by atoms with Crippen LogP contribution in [0.15, 0.2) is 126 Å². The zero-order valence-electron chi connectivity index (χ0n) is 18.4. The van der Waals surface area contributed by atoms with Crippen molar-refractivity contribution in [2.24, 2.45) is 4.99 Å². The van der Waals surface area contributed by atoms with Gasteiger partial charge in [0.25, 0.3) is 0 Å². The fraction of sp³-hybridized carbons (Fsp3) is 0.0645. The van der Waals surface area contributed by atoms with Gasteiger partial charge in [-0.2, -0.15) is 0 Å². The molecule has 1 heterocycles. The van der Waals surface area contributed by atoms with Gasteiger partial charge in [0.15, 0.2) is 0 Å². The first-order chi connectivity index (χ1) is 16.4. The molecule has 1 aliphatic rings. The summed E-state index contributed by atoms with van der Waals surface area (Å²) in [6, 6.07) is 44.1. The Bertz CT molecular complexity index is 1420. The second-order valence-corrected chi connectivity index (χ2v) is 10.5. The van der Waals surface area contributed by atoms with Gasteiger partial charge in [0.05, 0.1) is 5.71 Å². The normalized spacial score (nSPS) is 13.1. The summed E-state index contributed by atoms with van der Waals surface area (Å²) in [5.41, 5.74) is 5.10. The van der Waals surface area contributed by atoms with Gasteiger partial charge < -0.3 is 0 Å². The van der Waals surface area contributed by atoms with Crippen molar-refractivity contribution in [2.45, 2.75) is 6.42 Å². The summed E-state index contributed by atoms with van der Waals surface area (Å²) in [6.07, 6.45) is 1.01. The predicted octanol–water partition coefficient (Wildman–Crippen LogP) is 5.99. The highest BCUT2D eigenvalue weighted by atomic mass is 31.1. The Balaban J connectivity index is 1.68. The maximum absolute atomic E-state index is 5.15. The van der Waals surface area contributed by atoms with E-state index in [1.807, 2.05) is 0 Å². The quantitative estimate of drug-likeness (QED) is 0.304. The van der Waals surface area contributed by atoms with Gasteiger partial charge in [-0.25, -0.2) is 0 Å². The van der Waals surface area contributed by atoms with Crippen molar-refractivity contribution in [1.29, 1.82) is 0 Å². The second kappa shape index (κ2) is 8.77. The summed E-state index contributed by atoms with van der Waals surface area (Å²) in [5.74, 6) is 0. The van der Waals surface area contributed by atoms with Gasteiger partial charge in [-0.1, -0.05) is 121 Å². The van der Waals surface area contributed by atoms with Gasteiger partial charge in [-0.05, 0) is 46.6 Å². The van der Waals surface area contributed by atoms with Crippen LogP contribution in [-0.2, 0) is 6.42 Å². The Hall–Kier alpha value is -3.54. The van der Waals surface area contributed by atoms with Crippen LogP contribution in [0.2, 0.25) is 0 Å². The van der Waals surface area contributed by atoms with Crippen molar-refractivity contribution in [3.8, 4) is 0 Å². The van der Waals surface area contributed by atoms with E-state index in [1.165, 1.54) is 43.4 Å². The van der Waals surface area contributed by atoms with Crippen LogP contribution in [-0.4, -0.2) is 12.3 Å². The van der Waals surface area contributed by atoms with Gasteiger partial charge in [-0.3, -0.25) is 4.99 Å². The molecule has 0 aromatic heterocycles. The molecule has 1 aliphatic heterocycles. The lowest BCUT2D eigenvalue weighted by Gasteiger charge is -2.26. The van der Waals surface area contributed by atoms with Gasteiger partial charge >= 0.3 is 0 Å². The van der Waals surface area contributed by atoms with Gasteiger partial charge in [0, 0.05) is 17.7 Å². The number of aliphatic imine (C=N–C) groups is 1. The van der Waals surface area contributed by atoms with E-state index in [0.717, 1.165) is 18.7 Å². The van der Waals surface area contributed by atoms with E-state index in [2.05, 4.69) is 121 Å². The average Bonchev–Trinajstić information content (AvgIpc) is 2.90. The Kier molecular flexibility index (Phi) is 5.34. The zero-order chi connectivity index (χ0) is 22.0. The third-order valence-corrected chi connectivity index (χ3v) is 8.82. The highest BCUT2D eigenvalue weighted by Crippen LogP contribution is 2.37. The van der Waals surface area contributed by atoms with Crippen molar-refractivity contribution in [3.05, 3.63) is 138 Å². The van der Waals surface area contributed by atoms with Crippen molar-refractivity contribution in [2.75, 3.05) is 6.54 Å². The molecule has 0 saturated carbocycles. The summed E-state index contributed by atoms with van der Waals surface area (Å²) in [6.45, 7) is 0.837. The minimum Gasteiger partial charge on any atom is -0.284 e. The molecule has 0 aliphatic carbocycles. The van der Waals surface area contributed by atoms with Crippen LogP contribution >= 0.6 is 7.92 Å². The van der Waals surface area contributed by atoms with Gasteiger partial charge in [0.1, 0.15) is 0 Å². The molecule has 0 unspecified atom stereocenters. The Morgan fingerprint density at radius 1 is 0.576 bits per heavy atom. The molecule has 0 bridgehead atoms. The Labute approximate surface area is 196 Å². The molecule has 1 nitrogen and oxygen atoms in total. The lowest BCUT2D eigenvalue weighted by Crippen LogP contribution is -2.27. The number of fused-ring (bicyclic) bond motifs is 2. The first kappa shape index (κ1) is 20.1. The zero-order valence-corrected chi connectivity index (χ0v) is 19.3. The van der Waals surface area contributed by atoms with Gasteiger partial charge in [0.2, 0.25) is 0 Å². The highest BCUT2D eigenvalue weighted by Gasteiger charge is 2.26. The Morgan fingerprint density at radius 3 is 1.97 bits per heavy atom. The van der Waals surface area contributed by atoms with Crippen LogP contribution in [0.4, 0.5) is 0 Å². The van der Waals surface area contributed by atoms with E-state index in [9.17, 15) is 0 Å². The molecule has 6 rings (SSSR count). The molecule has 5 aromatic carbocycles. The van der Waals surface area contributed by atoms with E-state index in [4.69, 9.17) is 4.99 Å². The number of hydrogen-bond donors (Lipinski definition) is 0. The monoisotopic (exact) mass is 441 g/mol. The van der Waals surface area contributed by atoms with Crippen LogP contribution < -0.4 is 15.9 Å². The topological polar surface area (TPSA) is 12.4 Å². The van der Waals surface area contributed by atoms with Crippen molar-refractivity contribution < 1.29 is 0 Å². The minimum atomic E-state index is -0.735. The standard InChI is InChI=1S/C31H24NP/c1-3-13-25(14-4-1)33(26-15-5-2-6-16-26)29-20-19-23-11-7-9-17-27(23)30(29)31-28-18-10-8-12-24(28)21-22-32-31/h1-20H,21-22H2. The lowest BCUT2D eigenvalue weighted by atomic mass is 9.90. The number of benzene rings is 5. The second-order valence-electron chi connectivity index (χ2n) is 8.32. The summed E-state index contributed by atoms with van der Waals surface area (Å²) >= 11 is 0. The van der Waals surface area contributed by atoms with E-state index in [1.54, 1.807) is 0 Å². The largest absolute Gasteiger partial charge is 0.284 e. The number of rotatable bonds is 4. The van der Waals surface area contributed by atoms with E-state index in [0.29, 0.717) is 0 Å². The molecule has 0 saturated heterocycles. The molecule has 0 atom stereocenters. The summed E-state index contributed by atoms with van der Waals surface area (Å²) in [4.78, 5) is 5.15. The highest BCUT2D eigenvalue weighted by molar-refractivity contribution is 7.80. The number of nitrogens with zero attached hydrogens (tertiary/aromatic N) is 1. The lowest BCUT2D eigenvalue weighted by molar-refractivity contribution is 0.945. The molecular weight excluding hydrogens is 417 g/mol. The van der Waals surface area contributed by atoms with Crippen LogP contribution in [0.25, 0.3) is 10.8 Å².